The van der Waals surface area contributed by atoms with Crippen LogP contribution in [0.3, 0.4) is 0 Å². The van der Waals surface area contributed by atoms with Gasteiger partial charge in [0.2, 0.25) is 0 Å². The smallest absolute Gasteiger partial charge is 0.264 e. The third-order valence-corrected chi connectivity index (χ3v) is 19.7. The van der Waals surface area contributed by atoms with Gasteiger partial charge in [-0.2, -0.15) is 0 Å². The fraction of sp³-hybridized carbons (Fsp3) is 0.151. The molecule has 0 saturated carbocycles. The van der Waals surface area contributed by atoms with Crippen molar-refractivity contribution in [3.63, 3.8) is 0 Å². The van der Waals surface area contributed by atoms with Gasteiger partial charge >= 0.3 is 0 Å². The van der Waals surface area contributed by atoms with E-state index in [0.29, 0.717) is 0 Å². The highest BCUT2D eigenvalue weighted by molar-refractivity contribution is 7.33. The van der Waals surface area contributed by atoms with Crippen LogP contribution in [-0.2, 0) is 16.2 Å². The third kappa shape index (κ3) is 7.30. The van der Waals surface area contributed by atoms with Crippen LogP contribution in [-0.4, -0.2) is 6.71 Å². The Morgan fingerprint density at radius 3 is 1.82 bits per heavy atom. The van der Waals surface area contributed by atoms with Crippen LogP contribution in [0.5, 0.6) is 0 Å². The van der Waals surface area contributed by atoms with Gasteiger partial charge in [-0.3, -0.25) is 0 Å². The van der Waals surface area contributed by atoms with Crippen molar-refractivity contribution in [3.05, 3.63) is 241 Å². The molecule has 0 radical (unpaired) electrons. The van der Waals surface area contributed by atoms with Crippen molar-refractivity contribution in [2.24, 2.45) is 0 Å². The second kappa shape index (κ2) is 17.4. The molecule has 3 aliphatic rings. The summed E-state index contributed by atoms with van der Waals surface area (Å²) in [7, 11) is 0. The van der Waals surface area contributed by atoms with Gasteiger partial charge in [-0.1, -0.05) is 189 Å². The molecule has 0 fully saturated rings. The maximum absolute atomic E-state index is 2.63. The van der Waals surface area contributed by atoms with Crippen molar-refractivity contribution in [1.29, 1.82) is 0 Å². The lowest BCUT2D eigenvalue weighted by molar-refractivity contribution is 0.590. The summed E-state index contributed by atoms with van der Waals surface area (Å²) >= 11 is 3.88. The molecular weight excluding hydrogens is 994 g/mol. The van der Waals surface area contributed by atoms with Gasteiger partial charge in [-0.15, -0.1) is 22.7 Å². The average molecular weight is 1050 g/mol. The number of fused-ring (bicyclic) bond motifs is 12. The monoisotopic (exact) mass is 1050 g/mol. The summed E-state index contributed by atoms with van der Waals surface area (Å²) < 4.78 is 5.28. The summed E-state index contributed by atoms with van der Waals surface area (Å²) in [6.07, 6.45) is 0. The van der Waals surface area contributed by atoms with Crippen molar-refractivity contribution in [3.8, 4) is 22.3 Å². The first-order valence-corrected chi connectivity index (χ1v) is 29.5. The minimum Gasteiger partial charge on any atom is -0.311 e. The first-order valence-electron chi connectivity index (χ1n) is 27.9. The highest BCUT2D eigenvalue weighted by Crippen LogP contribution is 2.55. The number of nitrogens with zero attached hydrogens (tertiary/aromatic N) is 3. The van der Waals surface area contributed by atoms with Crippen LogP contribution >= 0.6 is 22.7 Å². The summed E-state index contributed by atoms with van der Waals surface area (Å²) in [6.45, 7) is 18.6. The minimum atomic E-state index is -0.123. The SMILES string of the molecule is CC(C)(C)c1ccc(N(c2ccc3c(c2)N(c2cccc4sc5ccccc5c24)c2cccc4c2B3c2sc3cc5c(cc3c2N4c2ccc(C(C)(C)C)cc2)-c2ccccc2C5(C)C)c2ccccc2-c2ccccc2)cc1. The van der Waals surface area contributed by atoms with Crippen molar-refractivity contribution < 1.29 is 0 Å². The molecule has 10 aromatic carbocycles. The van der Waals surface area contributed by atoms with Crippen LogP contribution in [0, 0.1) is 0 Å². The molecular formula is C73H60BN3S2. The number of para-hydroxylation sites is 1. The van der Waals surface area contributed by atoms with Crippen LogP contribution in [0.1, 0.15) is 77.6 Å². The number of hydrogen-bond acceptors (Lipinski definition) is 5. The number of benzene rings is 10. The summed E-state index contributed by atoms with van der Waals surface area (Å²) in [5.41, 5.74) is 23.6. The molecule has 0 N–H and O–H groups in total. The second-order valence-electron chi connectivity index (χ2n) is 24.5. The van der Waals surface area contributed by atoms with Gasteiger partial charge in [0.05, 0.1) is 17.1 Å². The van der Waals surface area contributed by atoms with Gasteiger partial charge in [0.25, 0.3) is 6.71 Å². The van der Waals surface area contributed by atoms with Crippen LogP contribution in [0.2, 0.25) is 0 Å². The average Bonchev–Trinajstić information content (AvgIpc) is 3.94. The Labute approximate surface area is 472 Å². The van der Waals surface area contributed by atoms with E-state index in [0.717, 1.165) is 17.1 Å². The molecule has 3 nitrogen and oxygen atoms in total. The number of hydrogen-bond donors (Lipinski definition) is 0. The molecule has 0 unspecified atom stereocenters. The number of anilines is 9. The lowest BCUT2D eigenvalue weighted by Crippen LogP contribution is -2.60. The fourth-order valence-electron chi connectivity index (χ4n) is 13.4. The lowest BCUT2D eigenvalue weighted by atomic mass is 9.36. The van der Waals surface area contributed by atoms with E-state index >= 15 is 0 Å². The van der Waals surface area contributed by atoms with Crippen LogP contribution in [0.25, 0.3) is 52.5 Å². The summed E-state index contributed by atoms with van der Waals surface area (Å²) in [5.74, 6) is 0. The molecule has 0 bridgehead atoms. The fourth-order valence-corrected chi connectivity index (χ4v) is 15.9. The Kier molecular flexibility index (Phi) is 10.6. The largest absolute Gasteiger partial charge is 0.311 e. The van der Waals surface area contributed by atoms with Gasteiger partial charge < -0.3 is 14.7 Å². The molecule has 12 aromatic rings. The number of rotatable bonds is 6. The lowest BCUT2D eigenvalue weighted by Gasteiger charge is -2.43. The van der Waals surface area contributed by atoms with E-state index in [4.69, 9.17) is 0 Å². The van der Waals surface area contributed by atoms with E-state index in [-0.39, 0.29) is 23.0 Å². The first-order chi connectivity index (χ1) is 38.2. The molecule has 2 aromatic heterocycles. The molecule has 382 valence electrons. The van der Waals surface area contributed by atoms with Gasteiger partial charge in [0.1, 0.15) is 0 Å². The first kappa shape index (κ1) is 48.0. The van der Waals surface area contributed by atoms with Crippen molar-refractivity contribution in [2.45, 2.75) is 71.6 Å². The molecule has 2 aliphatic heterocycles. The summed E-state index contributed by atoms with van der Waals surface area (Å²) in [4.78, 5) is 7.75. The van der Waals surface area contributed by atoms with Gasteiger partial charge in [0, 0.05) is 80.1 Å². The van der Waals surface area contributed by atoms with Crippen molar-refractivity contribution in [2.75, 3.05) is 14.7 Å². The predicted molar refractivity (Wildman–Crippen MR) is 344 cm³/mol. The molecule has 0 atom stereocenters. The maximum Gasteiger partial charge on any atom is 0.264 e. The Morgan fingerprint density at radius 1 is 0.443 bits per heavy atom. The molecule has 15 rings (SSSR count). The highest BCUT2D eigenvalue weighted by atomic mass is 32.1. The second-order valence-corrected chi connectivity index (χ2v) is 26.7. The number of thiophene rings is 2. The Balaban J connectivity index is 1.03. The zero-order chi connectivity index (χ0) is 53.7. The topological polar surface area (TPSA) is 9.72 Å². The summed E-state index contributed by atoms with van der Waals surface area (Å²) in [5, 5.41) is 3.87. The third-order valence-electron chi connectivity index (χ3n) is 17.4. The summed E-state index contributed by atoms with van der Waals surface area (Å²) in [6, 6.07) is 83.1. The Bertz CT molecular complexity index is 4440. The standard InChI is InChI=1S/C73H60BN3S2/c1-71(2,3)46-32-36-48(37-33-46)75(59-26-16-13-22-51(59)45-20-10-9-11-21-45)50-40-41-58-63(42-50)77(60-27-19-31-65-67(60)53-24-14-17-30-64(53)78-65)62-29-18-28-61-68(62)74(58)70-69(76(61)49-38-34-47(35-39-49)72(4,5)6)55-43-54-52-23-12-15-25-56(52)73(7,8)57(54)44-66(55)79-70/h9-44H,1-8H3. The van der Waals surface area contributed by atoms with E-state index < -0.39 is 0 Å². The van der Waals surface area contributed by atoms with Crippen LogP contribution in [0.15, 0.2) is 218 Å². The Hall–Kier alpha value is -8.16. The van der Waals surface area contributed by atoms with E-state index in [1.54, 1.807) is 0 Å². The molecule has 79 heavy (non-hydrogen) atoms. The molecule has 0 amide bonds. The predicted octanol–water partition coefficient (Wildman–Crippen LogP) is 19.4. The zero-order valence-corrected chi connectivity index (χ0v) is 47.7. The van der Waals surface area contributed by atoms with Crippen LogP contribution < -0.4 is 30.4 Å². The highest BCUT2D eigenvalue weighted by Gasteiger charge is 2.47. The quantitative estimate of drug-likeness (QED) is 0.154. The molecule has 0 spiro atoms. The van der Waals surface area contributed by atoms with Gasteiger partial charge in [0.15, 0.2) is 0 Å². The van der Waals surface area contributed by atoms with E-state index in [2.05, 4.69) is 288 Å². The van der Waals surface area contributed by atoms with E-state index in [1.807, 2.05) is 22.7 Å². The van der Waals surface area contributed by atoms with E-state index in [1.165, 1.54) is 125 Å². The van der Waals surface area contributed by atoms with Crippen molar-refractivity contribution >= 4 is 127 Å². The normalized spacial score (nSPS) is 14.1. The van der Waals surface area contributed by atoms with Crippen LogP contribution in [0.4, 0.5) is 51.2 Å². The molecule has 0 saturated heterocycles. The van der Waals surface area contributed by atoms with E-state index in [9.17, 15) is 0 Å². The zero-order valence-electron chi connectivity index (χ0n) is 46.0. The minimum absolute atomic E-state index is 0.00835. The molecule has 4 heterocycles. The maximum atomic E-state index is 2.63. The Morgan fingerprint density at radius 2 is 1.06 bits per heavy atom. The van der Waals surface area contributed by atoms with Crippen molar-refractivity contribution in [1.82, 2.24) is 0 Å². The molecule has 1 aliphatic carbocycles. The van der Waals surface area contributed by atoms with Gasteiger partial charge in [-0.05, 0) is 146 Å². The molecule has 6 heteroatoms. The van der Waals surface area contributed by atoms with Gasteiger partial charge in [-0.25, -0.2) is 0 Å².